The van der Waals surface area contributed by atoms with Crippen LogP contribution in [0.5, 0.6) is 0 Å². The van der Waals surface area contributed by atoms with Crippen LogP contribution in [0.2, 0.25) is 52.4 Å². The first kappa shape index (κ1) is 37.3. The molecule has 24 heteroatoms. The summed E-state index contributed by atoms with van der Waals surface area (Å²) in [4.78, 5) is 44.7. The molecular formula is C16H40O16Si8. The third-order valence-electron chi connectivity index (χ3n) is 4.35. The molecule has 16 nitrogen and oxygen atoms in total. The summed E-state index contributed by atoms with van der Waals surface area (Å²) in [5.74, 6) is -1.99. The maximum absolute atomic E-state index is 11.2. The molecule has 0 aromatic carbocycles. The van der Waals surface area contributed by atoms with Crippen LogP contribution < -0.4 is 0 Å². The molecule has 4 atom stereocenters. The van der Waals surface area contributed by atoms with Gasteiger partial charge in [-0.2, -0.15) is 0 Å². The van der Waals surface area contributed by atoms with Crippen molar-refractivity contribution in [2.75, 3.05) is 0 Å². The summed E-state index contributed by atoms with van der Waals surface area (Å²) in [6, 6.07) is 0. The molecule has 0 N–H and O–H groups in total. The van der Waals surface area contributed by atoms with Crippen LogP contribution in [0.25, 0.3) is 0 Å². The van der Waals surface area contributed by atoms with Gasteiger partial charge in [0, 0.05) is 53.9 Å². The SMILES string of the molecule is CC(=O)O[Si]1(C)O[SiH](C)O[SiH](C)O[Si](C)(OC(C)=O)O1.CC(=O)O[Si]1(C)O[SiH](C)O[Si](C)(OC(C)=O)O[SiH](C)O1. The Labute approximate surface area is 245 Å². The van der Waals surface area contributed by atoms with Gasteiger partial charge in [0.15, 0.2) is 0 Å². The average molecular weight is 713 g/mol. The van der Waals surface area contributed by atoms with Crippen molar-refractivity contribution < 1.29 is 69.8 Å². The number of hydrogen-bond acceptors (Lipinski definition) is 16. The second-order valence-electron chi connectivity index (χ2n) is 9.04. The highest BCUT2D eigenvalue weighted by Crippen LogP contribution is 2.25. The molecule has 2 rings (SSSR count). The molecule has 0 spiro atoms. The second-order valence-corrected chi connectivity index (χ2v) is 28.9. The molecule has 0 aromatic rings. The van der Waals surface area contributed by atoms with Crippen molar-refractivity contribution in [1.82, 2.24) is 0 Å². The first-order chi connectivity index (χ1) is 18.1. The van der Waals surface area contributed by atoms with E-state index in [-0.39, 0.29) is 0 Å². The van der Waals surface area contributed by atoms with Crippen molar-refractivity contribution in [3.8, 4) is 0 Å². The predicted octanol–water partition coefficient (Wildman–Crippen LogP) is 0.0612. The van der Waals surface area contributed by atoms with E-state index in [1.54, 1.807) is 52.4 Å². The Kier molecular flexibility index (Phi) is 14.1. The lowest BCUT2D eigenvalue weighted by atomic mass is 10.9. The fourth-order valence-electron chi connectivity index (χ4n) is 3.85. The number of carbonyl (C=O) groups is 4. The highest BCUT2D eigenvalue weighted by molar-refractivity contribution is 6.83. The van der Waals surface area contributed by atoms with Crippen LogP contribution in [0.3, 0.4) is 0 Å². The first-order valence-electron chi connectivity index (χ1n) is 12.3. The van der Waals surface area contributed by atoms with Crippen LogP contribution in [0, 0.1) is 0 Å². The highest BCUT2D eigenvalue weighted by Gasteiger charge is 2.55. The standard InChI is InChI=1S/2C8H20O8Si4/c1-7(9)11-19(5)13-17(3)15-20(6,12-8(2)10)16-18(4)14-19;1-7(9)11-19(5)14-17(3)13-18(4)15-20(6,16-19)12-8(2)10/h2*17-18H,1-6H3. The number of hydrogen-bond donors (Lipinski definition) is 0. The maximum Gasteiger partial charge on any atom is 0.548 e. The molecule has 2 aliphatic heterocycles. The minimum absolute atomic E-state index is 0.470. The summed E-state index contributed by atoms with van der Waals surface area (Å²) in [6.45, 7) is 18.6. The van der Waals surface area contributed by atoms with E-state index in [1.807, 2.05) is 0 Å². The van der Waals surface area contributed by atoms with Crippen LogP contribution in [0.15, 0.2) is 0 Å². The van der Waals surface area contributed by atoms with E-state index in [4.69, 9.17) is 50.6 Å². The first-order valence-corrected chi connectivity index (χ1v) is 29.6. The fraction of sp³-hybridized carbons (Fsp3) is 0.750. The minimum atomic E-state index is -3.31. The monoisotopic (exact) mass is 712 g/mol. The van der Waals surface area contributed by atoms with E-state index in [2.05, 4.69) is 0 Å². The van der Waals surface area contributed by atoms with Gasteiger partial charge in [0.05, 0.1) is 0 Å². The van der Waals surface area contributed by atoms with Crippen molar-refractivity contribution in [3.63, 3.8) is 0 Å². The summed E-state index contributed by atoms with van der Waals surface area (Å²) in [7, 11) is -21.3. The lowest BCUT2D eigenvalue weighted by Gasteiger charge is -2.39. The third-order valence-corrected chi connectivity index (χ3v) is 31.3. The topological polar surface area (TPSA) is 179 Å². The fourth-order valence-corrected chi connectivity index (χ4v) is 32.1. The molecular weight excluding hydrogens is 673 g/mol. The van der Waals surface area contributed by atoms with Crippen LogP contribution >= 0.6 is 0 Å². The van der Waals surface area contributed by atoms with Gasteiger partial charge in [-0.05, 0) is 26.2 Å². The van der Waals surface area contributed by atoms with E-state index in [1.165, 1.54) is 27.7 Å². The van der Waals surface area contributed by atoms with Crippen LogP contribution in [0.1, 0.15) is 27.7 Å². The highest BCUT2D eigenvalue weighted by atomic mass is 28.5. The largest absolute Gasteiger partial charge is 0.548 e. The third kappa shape index (κ3) is 14.0. The molecule has 2 fully saturated rings. The summed E-state index contributed by atoms with van der Waals surface area (Å²) >= 11 is 0. The lowest BCUT2D eigenvalue weighted by molar-refractivity contribution is -0.138. The molecule has 232 valence electrons. The van der Waals surface area contributed by atoms with Gasteiger partial charge in [-0.1, -0.05) is 0 Å². The van der Waals surface area contributed by atoms with Crippen molar-refractivity contribution in [2.24, 2.45) is 0 Å². The normalized spacial score (nSPS) is 38.5. The average Bonchev–Trinajstić information content (AvgIpc) is 2.60. The Balaban J connectivity index is 0.000000400. The molecule has 0 bridgehead atoms. The van der Waals surface area contributed by atoms with E-state index < -0.39 is 96.2 Å². The van der Waals surface area contributed by atoms with E-state index in [0.717, 1.165) is 0 Å². The summed E-state index contributed by atoms with van der Waals surface area (Å²) in [5, 5.41) is 0. The zero-order chi connectivity index (χ0) is 31.1. The molecule has 2 heterocycles. The van der Waals surface area contributed by atoms with Crippen molar-refractivity contribution in [3.05, 3.63) is 0 Å². The van der Waals surface area contributed by atoms with Crippen molar-refractivity contribution in [2.45, 2.75) is 80.1 Å². The molecule has 0 amide bonds. The smallest absolute Gasteiger partial charge is 0.475 e. The Morgan fingerprint density at radius 1 is 0.450 bits per heavy atom. The zero-order valence-electron chi connectivity index (χ0n) is 24.8. The van der Waals surface area contributed by atoms with Gasteiger partial charge in [-0.15, -0.1) is 0 Å². The Morgan fingerprint density at radius 3 is 0.925 bits per heavy atom. The van der Waals surface area contributed by atoms with Crippen LogP contribution in [0.4, 0.5) is 0 Å². The molecule has 0 aliphatic carbocycles. The van der Waals surface area contributed by atoms with Gasteiger partial charge in [-0.3, -0.25) is 19.2 Å². The van der Waals surface area contributed by atoms with Gasteiger partial charge in [0.1, 0.15) is 0 Å². The molecule has 0 aromatic heterocycles. The molecule has 2 aliphatic rings. The van der Waals surface area contributed by atoms with Gasteiger partial charge < -0.3 is 50.6 Å². The Hall–Kier alpha value is -0.705. The van der Waals surface area contributed by atoms with E-state index >= 15 is 0 Å². The summed E-state index contributed by atoms with van der Waals surface area (Å²) in [6.07, 6.45) is 0. The summed E-state index contributed by atoms with van der Waals surface area (Å²) in [5.41, 5.74) is 0. The molecule has 0 radical (unpaired) electrons. The molecule has 4 unspecified atom stereocenters. The quantitative estimate of drug-likeness (QED) is 0.357. The van der Waals surface area contributed by atoms with Crippen molar-refractivity contribution in [1.29, 1.82) is 0 Å². The van der Waals surface area contributed by atoms with Crippen LogP contribution in [-0.2, 0) is 69.8 Å². The van der Waals surface area contributed by atoms with E-state index in [9.17, 15) is 19.2 Å². The zero-order valence-corrected chi connectivity index (χ0v) is 33.5. The predicted molar refractivity (Wildman–Crippen MR) is 154 cm³/mol. The lowest BCUT2D eigenvalue weighted by Crippen LogP contribution is -2.62. The van der Waals surface area contributed by atoms with Gasteiger partial charge >= 0.3 is 72.4 Å². The second kappa shape index (κ2) is 15.1. The van der Waals surface area contributed by atoms with Crippen LogP contribution in [-0.4, -0.2) is 96.2 Å². The van der Waals surface area contributed by atoms with Crippen molar-refractivity contribution >= 4 is 96.2 Å². The molecule has 40 heavy (non-hydrogen) atoms. The Morgan fingerprint density at radius 2 is 0.675 bits per heavy atom. The van der Waals surface area contributed by atoms with E-state index in [0.29, 0.717) is 0 Å². The molecule has 0 saturated carbocycles. The summed E-state index contributed by atoms with van der Waals surface area (Å²) < 4.78 is 66.5. The van der Waals surface area contributed by atoms with Gasteiger partial charge in [-0.25, -0.2) is 0 Å². The maximum atomic E-state index is 11.2. The molecule has 2 saturated heterocycles. The van der Waals surface area contributed by atoms with Gasteiger partial charge in [0.25, 0.3) is 23.9 Å². The minimum Gasteiger partial charge on any atom is -0.475 e. The van der Waals surface area contributed by atoms with Gasteiger partial charge in [0.2, 0.25) is 0 Å². The Bertz CT molecular complexity index is 847. The number of rotatable bonds is 4. The number of carbonyl (C=O) groups excluding carboxylic acids is 4.